The van der Waals surface area contributed by atoms with E-state index in [0.717, 1.165) is 6.42 Å². The van der Waals surface area contributed by atoms with Gasteiger partial charge in [0.15, 0.2) is 0 Å². The summed E-state index contributed by atoms with van der Waals surface area (Å²) in [5, 5.41) is 0. The van der Waals surface area contributed by atoms with Crippen LogP contribution in [0.5, 0.6) is 0 Å². The van der Waals surface area contributed by atoms with E-state index in [1.54, 1.807) is 0 Å². The fraction of sp³-hybridized carbons (Fsp3) is 0.647. The van der Waals surface area contributed by atoms with Gasteiger partial charge in [0.1, 0.15) is 0 Å². The normalized spacial score (nSPS) is 19.4. The number of hydrogen-bond donors (Lipinski definition) is 1. The van der Waals surface area contributed by atoms with Crippen molar-refractivity contribution in [1.29, 1.82) is 0 Å². The monoisotopic (exact) mass is 338 g/mol. The van der Waals surface area contributed by atoms with Gasteiger partial charge < -0.3 is 10.6 Å². The summed E-state index contributed by atoms with van der Waals surface area (Å²) in [4.78, 5) is 2.53. The Morgan fingerprint density at radius 1 is 1.35 bits per heavy atom. The molecule has 3 heteroatoms. The van der Waals surface area contributed by atoms with Crippen molar-refractivity contribution in [2.45, 2.75) is 52.5 Å². The Kier molecular flexibility index (Phi) is 5.14. The fourth-order valence-electron chi connectivity index (χ4n) is 3.27. The van der Waals surface area contributed by atoms with Crippen LogP contribution in [-0.4, -0.2) is 19.1 Å². The molecule has 2 nitrogen and oxygen atoms in total. The van der Waals surface area contributed by atoms with Crippen LogP contribution in [0.1, 0.15) is 45.6 Å². The topological polar surface area (TPSA) is 29.3 Å². The van der Waals surface area contributed by atoms with Crippen LogP contribution >= 0.6 is 15.9 Å². The molecule has 1 heterocycles. The van der Waals surface area contributed by atoms with Gasteiger partial charge in [0.05, 0.1) is 5.69 Å². The van der Waals surface area contributed by atoms with E-state index in [2.05, 4.69) is 59.8 Å². The SMILES string of the molecule is CCC1(CC)CCN(c2ccc(CC(C)N)cc2Br)C1. The van der Waals surface area contributed by atoms with Gasteiger partial charge in [0.2, 0.25) is 0 Å². The molecule has 1 aromatic rings. The van der Waals surface area contributed by atoms with E-state index in [1.807, 2.05) is 0 Å². The number of nitrogens with two attached hydrogens (primary N) is 1. The molecule has 0 amide bonds. The Balaban J connectivity index is 2.14. The van der Waals surface area contributed by atoms with Crippen LogP contribution in [0.15, 0.2) is 22.7 Å². The maximum absolute atomic E-state index is 5.88. The highest BCUT2D eigenvalue weighted by Crippen LogP contribution is 2.41. The van der Waals surface area contributed by atoms with Gasteiger partial charge in [-0.3, -0.25) is 0 Å². The summed E-state index contributed by atoms with van der Waals surface area (Å²) in [7, 11) is 0. The fourth-order valence-corrected chi connectivity index (χ4v) is 3.95. The van der Waals surface area contributed by atoms with E-state index < -0.39 is 0 Å². The quantitative estimate of drug-likeness (QED) is 0.864. The van der Waals surface area contributed by atoms with E-state index in [1.165, 1.54) is 48.1 Å². The van der Waals surface area contributed by atoms with E-state index >= 15 is 0 Å². The smallest absolute Gasteiger partial charge is 0.0511 e. The standard InChI is InChI=1S/C17H27BrN2/c1-4-17(5-2)8-9-20(12-17)16-7-6-14(10-13(3)19)11-15(16)18/h6-7,11,13H,4-5,8-10,12,19H2,1-3H3. The van der Waals surface area contributed by atoms with Crippen LogP contribution in [0.25, 0.3) is 0 Å². The van der Waals surface area contributed by atoms with E-state index in [-0.39, 0.29) is 6.04 Å². The van der Waals surface area contributed by atoms with E-state index in [0.29, 0.717) is 5.41 Å². The summed E-state index contributed by atoms with van der Waals surface area (Å²) in [5.41, 5.74) is 9.05. The molecule has 1 unspecified atom stereocenters. The lowest BCUT2D eigenvalue weighted by atomic mass is 9.82. The van der Waals surface area contributed by atoms with Crippen molar-refractivity contribution in [2.75, 3.05) is 18.0 Å². The highest BCUT2D eigenvalue weighted by Gasteiger charge is 2.35. The molecule has 1 saturated heterocycles. The first kappa shape index (κ1) is 15.8. The molecular formula is C17H27BrN2. The van der Waals surface area contributed by atoms with E-state index in [9.17, 15) is 0 Å². The average molecular weight is 339 g/mol. The first-order valence-corrected chi connectivity index (χ1v) is 8.58. The second kappa shape index (κ2) is 6.48. The van der Waals surface area contributed by atoms with Gasteiger partial charge in [-0.2, -0.15) is 0 Å². The molecule has 1 atom stereocenters. The minimum absolute atomic E-state index is 0.215. The number of hydrogen-bond acceptors (Lipinski definition) is 2. The minimum Gasteiger partial charge on any atom is -0.370 e. The number of nitrogens with zero attached hydrogens (tertiary/aromatic N) is 1. The Morgan fingerprint density at radius 3 is 2.55 bits per heavy atom. The molecule has 20 heavy (non-hydrogen) atoms. The van der Waals surface area contributed by atoms with Crippen molar-refractivity contribution >= 4 is 21.6 Å². The van der Waals surface area contributed by atoms with Crippen LogP contribution in [0, 0.1) is 5.41 Å². The highest BCUT2D eigenvalue weighted by molar-refractivity contribution is 9.10. The van der Waals surface area contributed by atoms with Crippen molar-refractivity contribution in [3.8, 4) is 0 Å². The van der Waals surface area contributed by atoms with Crippen LogP contribution in [0.3, 0.4) is 0 Å². The van der Waals surface area contributed by atoms with Gasteiger partial charge >= 0.3 is 0 Å². The molecular weight excluding hydrogens is 312 g/mol. The summed E-state index contributed by atoms with van der Waals surface area (Å²) in [6.07, 6.45) is 4.81. The molecule has 1 aromatic carbocycles. The Hall–Kier alpha value is -0.540. The minimum atomic E-state index is 0.215. The highest BCUT2D eigenvalue weighted by atomic mass is 79.9. The zero-order valence-electron chi connectivity index (χ0n) is 13.0. The zero-order valence-corrected chi connectivity index (χ0v) is 14.5. The Morgan fingerprint density at radius 2 is 2.05 bits per heavy atom. The molecule has 2 N–H and O–H groups in total. The van der Waals surface area contributed by atoms with Crippen molar-refractivity contribution in [3.63, 3.8) is 0 Å². The molecule has 0 saturated carbocycles. The lowest BCUT2D eigenvalue weighted by molar-refractivity contribution is 0.301. The molecule has 0 aliphatic carbocycles. The third-order valence-electron chi connectivity index (χ3n) is 4.85. The molecule has 0 radical (unpaired) electrons. The maximum atomic E-state index is 5.88. The van der Waals surface area contributed by atoms with Crippen molar-refractivity contribution < 1.29 is 0 Å². The van der Waals surface area contributed by atoms with Crippen LogP contribution in [0.2, 0.25) is 0 Å². The molecule has 0 bridgehead atoms. The summed E-state index contributed by atoms with van der Waals surface area (Å²) < 4.78 is 1.21. The number of halogens is 1. The first-order valence-electron chi connectivity index (χ1n) is 7.78. The Bertz CT molecular complexity index is 452. The molecule has 1 aliphatic rings. The van der Waals surface area contributed by atoms with Crippen molar-refractivity contribution in [1.82, 2.24) is 0 Å². The summed E-state index contributed by atoms with van der Waals surface area (Å²) >= 11 is 3.75. The molecule has 1 fully saturated rings. The second-order valence-electron chi connectivity index (χ2n) is 6.35. The molecule has 2 rings (SSSR count). The second-order valence-corrected chi connectivity index (χ2v) is 7.20. The van der Waals surface area contributed by atoms with Crippen LogP contribution in [0.4, 0.5) is 5.69 Å². The molecule has 112 valence electrons. The van der Waals surface area contributed by atoms with Gasteiger partial charge in [0.25, 0.3) is 0 Å². The summed E-state index contributed by atoms with van der Waals surface area (Å²) in [5.74, 6) is 0. The predicted octanol–water partition coefficient (Wildman–Crippen LogP) is 4.36. The lowest BCUT2D eigenvalue weighted by Gasteiger charge is -2.27. The number of benzene rings is 1. The number of anilines is 1. The van der Waals surface area contributed by atoms with Gasteiger partial charge in [-0.1, -0.05) is 19.9 Å². The molecule has 1 aliphatic heterocycles. The van der Waals surface area contributed by atoms with Gasteiger partial charge in [-0.05, 0) is 71.6 Å². The average Bonchev–Trinajstić information content (AvgIpc) is 2.83. The predicted molar refractivity (Wildman–Crippen MR) is 91.3 cm³/mol. The van der Waals surface area contributed by atoms with Gasteiger partial charge in [-0.15, -0.1) is 0 Å². The molecule has 0 spiro atoms. The molecule has 0 aromatic heterocycles. The van der Waals surface area contributed by atoms with Gasteiger partial charge in [-0.25, -0.2) is 0 Å². The Labute approximate surface area is 131 Å². The largest absolute Gasteiger partial charge is 0.370 e. The lowest BCUT2D eigenvalue weighted by Crippen LogP contribution is -2.26. The third-order valence-corrected chi connectivity index (χ3v) is 5.48. The van der Waals surface area contributed by atoms with Gasteiger partial charge in [0, 0.05) is 23.6 Å². The third kappa shape index (κ3) is 3.37. The van der Waals surface area contributed by atoms with Crippen molar-refractivity contribution in [2.24, 2.45) is 11.1 Å². The first-order chi connectivity index (χ1) is 9.49. The van der Waals surface area contributed by atoms with Crippen LogP contribution < -0.4 is 10.6 Å². The zero-order chi connectivity index (χ0) is 14.8. The van der Waals surface area contributed by atoms with E-state index in [4.69, 9.17) is 5.73 Å². The van der Waals surface area contributed by atoms with Crippen LogP contribution in [-0.2, 0) is 6.42 Å². The summed E-state index contributed by atoms with van der Waals surface area (Å²) in [6.45, 7) is 9.07. The summed E-state index contributed by atoms with van der Waals surface area (Å²) in [6, 6.07) is 6.92. The maximum Gasteiger partial charge on any atom is 0.0511 e. The van der Waals surface area contributed by atoms with Crippen molar-refractivity contribution in [3.05, 3.63) is 28.2 Å². The number of rotatable bonds is 5.